The minimum Gasteiger partial charge on any atom is -0.497 e. The van der Waals surface area contributed by atoms with E-state index in [0.29, 0.717) is 19.7 Å². The molecule has 1 aromatic heterocycles. The van der Waals surface area contributed by atoms with Crippen molar-refractivity contribution in [1.82, 2.24) is 14.9 Å². The van der Waals surface area contributed by atoms with E-state index in [1.54, 1.807) is 18.3 Å². The van der Waals surface area contributed by atoms with Gasteiger partial charge in [-0.1, -0.05) is 12.1 Å². The second kappa shape index (κ2) is 10.5. The average Bonchev–Trinajstić information content (AvgIpc) is 2.75. The van der Waals surface area contributed by atoms with Crippen molar-refractivity contribution >= 4 is 17.7 Å². The summed E-state index contributed by atoms with van der Waals surface area (Å²) in [7, 11) is 1.67. The third kappa shape index (κ3) is 6.23. The average molecular weight is 399 g/mol. The maximum absolute atomic E-state index is 11.8. The summed E-state index contributed by atoms with van der Waals surface area (Å²) >= 11 is 0. The van der Waals surface area contributed by atoms with Crippen LogP contribution in [-0.4, -0.2) is 60.4 Å². The van der Waals surface area contributed by atoms with E-state index in [1.165, 1.54) is 5.56 Å². The number of likely N-dealkylation sites (tertiary alicyclic amines) is 1. The van der Waals surface area contributed by atoms with Crippen LogP contribution in [0.3, 0.4) is 0 Å². The summed E-state index contributed by atoms with van der Waals surface area (Å²) in [6.07, 6.45) is 3.93. The number of methoxy groups -OCH3 is 1. The Balaban J connectivity index is 1.45. The van der Waals surface area contributed by atoms with Gasteiger partial charge < -0.3 is 25.0 Å². The lowest BCUT2D eigenvalue weighted by molar-refractivity contribution is 0.0983. The van der Waals surface area contributed by atoms with E-state index in [0.717, 1.165) is 43.2 Å². The molecule has 1 amide bonds. The molecule has 8 nitrogen and oxygen atoms in total. The van der Waals surface area contributed by atoms with E-state index in [9.17, 15) is 4.79 Å². The number of anilines is 2. The quantitative estimate of drug-likeness (QED) is 0.705. The van der Waals surface area contributed by atoms with Gasteiger partial charge >= 0.3 is 6.09 Å². The molecule has 1 aliphatic heterocycles. The highest BCUT2D eigenvalue weighted by molar-refractivity contribution is 5.67. The molecule has 156 valence electrons. The normalized spacial score (nSPS) is 14.3. The highest BCUT2D eigenvalue weighted by atomic mass is 16.6. The Bertz CT molecular complexity index is 793. The minimum absolute atomic E-state index is 0.226. The van der Waals surface area contributed by atoms with E-state index in [4.69, 9.17) is 9.47 Å². The molecule has 2 aromatic rings. The zero-order chi connectivity index (χ0) is 20.5. The number of benzene rings is 1. The van der Waals surface area contributed by atoms with E-state index in [2.05, 4.69) is 26.7 Å². The Kier molecular flexibility index (Phi) is 7.49. The molecule has 2 N–H and O–H groups in total. The summed E-state index contributed by atoms with van der Waals surface area (Å²) in [5.74, 6) is 2.44. The predicted molar refractivity (Wildman–Crippen MR) is 112 cm³/mol. The molecule has 3 rings (SSSR count). The maximum Gasteiger partial charge on any atom is 0.409 e. The number of carbonyl (C=O) groups excluding carboxylic acids is 1. The van der Waals surface area contributed by atoms with Crippen molar-refractivity contribution in [3.05, 3.63) is 42.2 Å². The molecule has 1 aromatic carbocycles. The number of amides is 1. The molecular formula is C21H29N5O3. The molecule has 1 fully saturated rings. The van der Waals surface area contributed by atoms with E-state index >= 15 is 0 Å². The first-order chi connectivity index (χ1) is 14.2. The first-order valence-corrected chi connectivity index (χ1v) is 10.0. The smallest absolute Gasteiger partial charge is 0.409 e. The first-order valence-electron chi connectivity index (χ1n) is 10.0. The molecule has 29 heavy (non-hydrogen) atoms. The van der Waals surface area contributed by atoms with Crippen LogP contribution in [0.2, 0.25) is 0 Å². The minimum atomic E-state index is -0.226. The number of ether oxygens (including phenoxy) is 2. The van der Waals surface area contributed by atoms with Gasteiger partial charge in [0.05, 0.1) is 13.7 Å². The van der Waals surface area contributed by atoms with Gasteiger partial charge in [0, 0.05) is 31.7 Å². The Hall–Kier alpha value is -3.03. The molecule has 0 radical (unpaired) electrons. The Morgan fingerprint density at radius 2 is 2.00 bits per heavy atom. The number of piperidine rings is 1. The number of carbonyl (C=O) groups is 1. The number of hydrogen-bond donors (Lipinski definition) is 2. The number of hydrogen-bond acceptors (Lipinski definition) is 7. The summed E-state index contributed by atoms with van der Waals surface area (Å²) in [5, 5.41) is 6.79. The number of rotatable bonds is 8. The fourth-order valence-corrected chi connectivity index (χ4v) is 3.33. The van der Waals surface area contributed by atoms with Crippen molar-refractivity contribution in [2.75, 3.05) is 44.0 Å². The molecule has 2 heterocycles. The molecule has 0 unspecified atom stereocenters. The van der Waals surface area contributed by atoms with Crippen molar-refractivity contribution in [3.63, 3.8) is 0 Å². The van der Waals surface area contributed by atoms with Crippen molar-refractivity contribution in [3.8, 4) is 5.75 Å². The second-order valence-corrected chi connectivity index (χ2v) is 6.92. The summed E-state index contributed by atoms with van der Waals surface area (Å²) in [6.45, 7) is 4.37. The SMILES string of the molecule is CCOC(=O)N1CCC(Nc2cc(NCCc3cccc(OC)c3)ncn2)CC1. The number of nitrogens with zero attached hydrogens (tertiary/aromatic N) is 3. The van der Waals surface area contributed by atoms with Crippen LogP contribution in [-0.2, 0) is 11.2 Å². The van der Waals surface area contributed by atoms with Crippen LogP contribution in [0.4, 0.5) is 16.4 Å². The molecule has 1 aliphatic rings. The standard InChI is InChI=1S/C21H29N5O3/c1-3-29-21(27)26-11-8-17(9-12-26)25-20-14-19(23-15-24-20)22-10-7-16-5-4-6-18(13-16)28-2/h4-6,13-15,17H,3,7-12H2,1-2H3,(H2,22,23,24,25). The molecule has 0 bridgehead atoms. The van der Waals surface area contributed by atoms with E-state index < -0.39 is 0 Å². The van der Waals surface area contributed by atoms with Crippen molar-refractivity contribution in [1.29, 1.82) is 0 Å². The molecule has 0 saturated carbocycles. The van der Waals surface area contributed by atoms with Crippen LogP contribution in [0.15, 0.2) is 36.7 Å². The molecular weight excluding hydrogens is 370 g/mol. The fourth-order valence-electron chi connectivity index (χ4n) is 3.33. The van der Waals surface area contributed by atoms with Crippen molar-refractivity contribution in [2.45, 2.75) is 32.2 Å². The monoisotopic (exact) mass is 399 g/mol. The maximum atomic E-state index is 11.8. The molecule has 1 saturated heterocycles. The number of nitrogens with one attached hydrogen (secondary N) is 2. The zero-order valence-corrected chi connectivity index (χ0v) is 17.1. The van der Waals surface area contributed by atoms with Crippen LogP contribution in [0.5, 0.6) is 5.75 Å². The highest BCUT2D eigenvalue weighted by Gasteiger charge is 2.23. The van der Waals surface area contributed by atoms with Crippen LogP contribution >= 0.6 is 0 Å². The zero-order valence-electron chi connectivity index (χ0n) is 17.1. The third-order valence-corrected chi connectivity index (χ3v) is 4.89. The second-order valence-electron chi connectivity index (χ2n) is 6.92. The van der Waals surface area contributed by atoms with Gasteiger partial charge in [-0.3, -0.25) is 0 Å². The lowest BCUT2D eigenvalue weighted by Crippen LogP contribution is -2.42. The van der Waals surface area contributed by atoms with Gasteiger partial charge in [0.15, 0.2) is 0 Å². The van der Waals surface area contributed by atoms with Gasteiger partial charge in [0.1, 0.15) is 23.7 Å². The molecule has 0 spiro atoms. The third-order valence-electron chi connectivity index (χ3n) is 4.89. The first kappa shape index (κ1) is 20.7. The van der Waals surface area contributed by atoms with Gasteiger partial charge in [-0.2, -0.15) is 0 Å². The highest BCUT2D eigenvalue weighted by Crippen LogP contribution is 2.18. The predicted octanol–water partition coefficient (Wildman–Crippen LogP) is 3.17. The van der Waals surface area contributed by atoms with Gasteiger partial charge in [-0.05, 0) is 43.9 Å². The Labute approximate surface area is 171 Å². The van der Waals surface area contributed by atoms with Crippen molar-refractivity contribution < 1.29 is 14.3 Å². The van der Waals surface area contributed by atoms with Gasteiger partial charge in [0.2, 0.25) is 0 Å². The largest absolute Gasteiger partial charge is 0.497 e. The lowest BCUT2D eigenvalue weighted by Gasteiger charge is -2.31. The van der Waals surface area contributed by atoms with Gasteiger partial charge in [-0.15, -0.1) is 0 Å². The van der Waals surface area contributed by atoms with E-state index in [1.807, 2.05) is 31.2 Å². The van der Waals surface area contributed by atoms with Crippen molar-refractivity contribution in [2.24, 2.45) is 0 Å². The summed E-state index contributed by atoms with van der Waals surface area (Å²) in [4.78, 5) is 22.2. The van der Waals surface area contributed by atoms with E-state index in [-0.39, 0.29) is 12.1 Å². The Morgan fingerprint density at radius 3 is 2.76 bits per heavy atom. The topological polar surface area (TPSA) is 88.6 Å². The van der Waals surface area contributed by atoms with Crippen LogP contribution in [0, 0.1) is 0 Å². The van der Waals surface area contributed by atoms with Crippen LogP contribution < -0.4 is 15.4 Å². The van der Waals surface area contributed by atoms with Gasteiger partial charge in [-0.25, -0.2) is 14.8 Å². The van der Waals surface area contributed by atoms with Gasteiger partial charge in [0.25, 0.3) is 0 Å². The van der Waals surface area contributed by atoms with Crippen LogP contribution in [0.1, 0.15) is 25.3 Å². The lowest BCUT2D eigenvalue weighted by atomic mass is 10.1. The Morgan fingerprint density at radius 1 is 1.21 bits per heavy atom. The van der Waals surface area contributed by atoms with Crippen LogP contribution in [0.25, 0.3) is 0 Å². The summed E-state index contributed by atoms with van der Waals surface area (Å²) in [5.41, 5.74) is 1.21. The summed E-state index contributed by atoms with van der Waals surface area (Å²) in [6, 6.07) is 10.3. The molecule has 0 aliphatic carbocycles. The molecule has 8 heteroatoms. The number of aromatic nitrogens is 2. The fraction of sp³-hybridized carbons (Fsp3) is 0.476. The molecule has 0 atom stereocenters. The summed E-state index contributed by atoms with van der Waals surface area (Å²) < 4.78 is 10.3.